The molecule has 1 aromatic rings. The average Bonchev–Trinajstić information content (AvgIpc) is 3.00. The van der Waals surface area contributed by atoms with Crippen LogP contribution in [0.4, 0.5) is 5.69 Å². The van der Waals surface area contributed by atoms with Crippen LogP contribution in [0.15, 0.2) is 23.1 Å². The van der Waals surface area contributed by atoms with Gasteiger partial charge in [-0.1, -0.05) is 0 Å². The number of hydrogen-bond donors (Lipinski definition) is 1. The van der Waals surface area contributed by atoms with Crippen molar-refractivity contribution in [3.63, 3.8) is 0 Å². The lowest BCUT2D eigenvalue weighted by Crippen LogP contribution is -2.48. The fourth-order valence-corrected chi connectivity index (χ4v) is 5.69. The van der Waals surface area contributed by atoms with Crippen molar-refractivity contribution in [2.24, 2.45) is 11.7 Å². The van der Waals surface area contributed by atoms with Gasteiger partial charge in [-0.05, 0) is 56.9 Å². The number of carbonyl (C=O) groups is 2. The molecule has 0 radical (unpaired) electrons. The summed E-state index contributed by atoms with van der Waals surface area (Å²) in [5.74, 6) is -0.853. The lowest BCUT2D eigenvalue weighted by atomic mass is 9.95. The summed E-state index contributed by atoms with van der Waals surface area (Å²) >= 11 is 0. The number of piperidine rings is 1. The van der Waals surface area contributed by atoms with E-state index in [1.54, 1.807) is 30.0 Å². The van der Waals surface area contributed by atoms with Gasteiger partial charge in [-0.15, -0.1) is 0 Å². The Balaban J connectivity index is 1.91. The van der Waals surface area contributed by atoms with E-state index in [-0.39, 0.29) is 23.4 Å². The monoisotopic (exact) mass is 379 g/mol. The smallest absolute Gasteiger partial charge is 0.243 e. The van der Waals surface area contributed by atoms with Crippen LogP contribution in [0.5, 0.6) is 0 Å². The van der Waals surface area contributed by atoms with Crippen molar-refractivity contribution in [2.75, 3.05) is 18.0 Å². The second-order valence-corrected chi connectivity index (χ2v) is 9.06. The lowest BCUT2D eigenvalue weighted by molar-refractivity contribution is -0.123. The number of amides is 2. The van der Waals surface area contributed by atoms with Gasteiger partial charge in [-0.25, -0.2) is 8.42 Å². The zero-order valence-corrected chi connectivity index (χ0v) is 16.0. The summed E-state index contributed by atoms with van der Waals surface area (Å²) in [6, 6.07) is 4.81. The van der Waals surface area contributed by atoms with Crippen molar-refractivity contribution in [1.29, 1.82) is 0 Å². The maximum absolute atomic E-state index is 13.2. The molecule has 26 heavy (non-hydrogen) atoms. The number of nitrogens with zero attached hydrogens (tertiary/aromatic N) is 2. The van der Waals surface area contributed by atoms with Crippen LogP contribution in [-0.4, -0.2) is 43.7 Å². The van der Waals surface area contributed by atoms with Crippen LogP contribution < -0.4 is 10.6 Å². The minimum absolute atomic E-state index is 0.0639. The van der Waals surface area contributed by atoms with E-state index in [0.29, 0.717) is 31.4 Å². The highest BCUT2D eigenvalue weighted by atomic mass is 32.2. The molecule has 3 rings (SSSR count). The molecule has 2 saturated heterocycles. The number of anilines is 1. The molecule has 0 saturated carbocycles. The number of sulfonamides is 1. The molecule has 0 unspecified atom stereocenters. The number of primary amides is 1. The van der Waals surface area contributed by atoms with Crippen LogP contribution in [-0.2, 0) is 19.6 Å². The predicted octanol–water partition coefficient (Wildman–Crippen LogP) is 1.40. The minimum atomic E-state index is -3.74. The number of carbonyl (C=O) groups excluding carboxylic acids is 2. The quantitative estimate of drug-likeness (QED) is 0.854. The first-order valence-electron chi connectivity index (χ1n) is 8.94. The Bertz CT molecular complexity index is 837. The zero-order chi connectivity index (χ0) is 19.1. The summed E-state index contributed by atoms with van der Waals surface area (Å²) in [4.78, 5) is 25.3. The SMILES string of the molecule is Cc1cc(N2CCCC2=O)ccc1S(=O)(=O)N1C[C@H](C(N)=O)CC[C@@H]1C. The van der Waals surface area contributed by atoms with Crippen LogP contribution in [0.3, 0.4) is 0 Å². The van der Waals surface area contributed by atoms with Crippen molar-refractivity contribution >= 4 is 27.5 Å². The predicted molar refractivity (Wildman–Crippen MR) is 98.0 cm³/mol. The molecule has 0 aromatic heterocycles. The van der Waals surface area contributed by atoms with Gasteiger partial charge in [0.1, 0.15) is 0 Å². The summed E-state index contributed by atoms with van der Waals surface area (Å²) in [6.45, 7) is 4.36. The summed E-state index contributed by atoms with van der Waals surface area (Å²) in [5, 5.41) is 0. The molecular weight excluding hydrogens is 354 g/mol. The van der Waals surface area contributed by atoms with E-state index >= 15 is 0 Å². The molecule has 0 spiro atoms. The van der Waals surface area contributed by atoms with Gasteiger partial charge in [-0.3, -0.25) is 9.59 Å². The first-order valence-corrected chi connectivity index (χ1v) is 10.4. The lowest BCUT2D eigenvalue weighted by Gasteiger charge is -2.36. The maximum Gasteiger partial charge on any atom is 0.243 e. The molecule has 2 heterocycles. The Hall–Kier alpha value is -1.93. The first kappa shape index (κ1) is 18.8. The molecular formula is C18H25N3O4S. The third-order valence-corrected chi connectivity index (χ3v) is 7.50. The van der Waals surface area contributed by atoms with E-state index in [2.05, 4.69) is 0 Å². The zero-order valence-electron chi connectivity index (χ0n) is 15.1. The van der Waals surface area contributed by atoms with E-state index in [9.17, 15) is 18.0 Å². The molecule has 2 N–H and O–H groups in total. The number of hydrogen-bond acceptors (Lipinski definition) is 4. The van der Waals surface area contributed by atoms with Crippen LogP contribution in [0.2, 0.25) is 0 Å². The average molecular weight is 379 g/mol. The summed E-state index contributed by atoms with van der Waals surface area (Å²) < 4.78 is 27.7. The van der Waals surface area contributed by atoms with Crippen LogP contribution in [0.1, 0.15) is 38.2 Å². The minimum Gasteiger partial charge on any atom is -0.369 e. The van der Waals surface area contributed by atoms with Gasteiger partial charge in [0.15, 0.2) is 0 Å². The van der Waals surface area contributed by atoms with Crippen LogP contribution in [0.25, 0.3) is 0 Å². The Kier molecular flexibility index (Phi) is 5.07. The van der Waals surface area contributed by atoms with Gasteiger partial charge in [-0.2, -0.15) is 4.31 Å². The molecule has 2 aliphatic rings. The number of benzene rings is 1. The Labute approximate surface area is 154 Å². The number of nitrogens with two attached hydrogens (primary N) is 1. The second kappa shape index (κ2) is 7.00. The van der Waals surface area contributed by atoms with Gasteiger partial charge in [0.25, 0.3) is 0 Å². The standard InChI is InChI=1S/C18H25N3O4S/c1-12-10-15(20-9-3-4-17(20)22)7-8-16(12)26(24,25)21-11-14(18(19)23)6-5-13(21)2/h7-8,10,13-14H,3-6,9,11H2,1-2H3,(H2,19,23)/t13-,14+/m0/s1. The number of aryl methyl sites for hydroxylation is 1. The Morgan fingerprint density at radius 2 is 2.00 bits per heavy atom. The summed E-state index contributed by atoms with van der Waals surface area (Å²) in [7, 11) is -3.74. The van der Waals surface area contributed by atoms with E-state index in [1.165, 1.54) is 4.31 Å². The Morgan fingerprint density at radius 1 is 1.27 bits per heavy atom. The van der Waals surface area contributed by atoms with Crippen molar-refractivity contribution in [3.05, 3.63) is 23.8 Å². The van der Waals surface area contributed by atoms with Crippen molar-refractivity contribution in [2.45, 2.75) is 50.5 Å². The van der Waals surface area contributed by atoms with Gasteiger partial charge in [0.2, 0.25) is 21.8 Å². The molecule has 7 nitrogen and oxygen atoms in total. The van der Waals surface area contributed by atoms with E-state index in [1.807, 2.05) is 6.92 Å². The third-order valence-electron chi connectivity index (χ3n) is 5.36. The molecule has 142 valence electrons. The molecule has 2 amide bonds. The summed E-state index contributed by atoms with van der Waals surface area (Å²) in [5.41, 5.74) is 6.71. The number of rotatable bonds is 4. The van der Waals surface area contributed by atoms with Gasteiger partial charge in [0.05, 0.1) is 10.8 Å². The highest BCUT2D eigenvalue weighted by molar-refractivity contribution is 7.89. The topological polar surface area (TPSA) is 101 Å². The first-order chi connectivity index (χ1) is 12.2. The highest BCUT2D eigenvalue weighted by Crippen LogP contribution is 2.31. The fraction of sp³-hybridized carbons (Fsp3) is 0.556. The van der Waals surface area contributed by atoms with Crippen molar-refractivity contribution < 1.29 is 18.0 Å². The van der Waals surface area contributed by atoms with E-state index in [0.717, 1.165) is 12.1 Å². The molecule has 0 bridgehead atoms. The molecule has 2 fully saturated rings. The third kappa shape index (κ3) is 3.35. The Morgan fingerprint density at radius 3 is 2.58 bits per heavy atom. The van der Waals surface area contributed by atoms with Crippen molar-refractivity contribution in [3.8, 4) is 0 Å². The fourth-order valence-electron chi connectivity index (χ4n) is 3.78. The van der Waals surface area contributed by atoms with E-state index < -0.39 is 21.8 Å². The molecule has 2 atom stereocenters. The van der Waals surface area contributed by atoms with Gasteiger partial charge >= 0.3 is 0 Å². The molecule has 0 aliphatic carbocycles. The summed E-state index contributed by atoms with van der Waals surface area (Å²) in [6.07, 6.45) is 2.56. The van der Waals surface area contributed by atoms with Gasteiger partial charge in [0, 0.05) is 31.2 Å². The van der Waals surface area contributed by atoms with Crippen molar-refractivity contribution in [1.82, 2.24) is 4.31 Å². The second-order valence-electron chi connectivity index (χ2n) is 7.20. The highest BCUT2D eigenvalue weighted by Gasteiger charge is 2.37. The maximum atomic E-state index is 13.2. The van der Waals surface area contributed by atoms with Crippen LogP contribution in [0, 0.1) is 12.8 Å². The van der Waals surface area contributed by atoms with Gasteiger partial charge < -0.3 is 10.6 Å². The normalized spacial score (nSPS) is 24.8. The largest absolute Gasteiger partial charge is 0.369 e. The molecule has 2 aliphatic heterocycles. The molecule has 8 heteroatoms. The molecule has 1 aromatic carbocycles. The van der Waals surface area contributed by atoms with E-state index in [4.69, 9.17) is 5.73 Å². The van der Waals surface area contributed by atoms with Crippen LogP contribution >= 0.6 is 0 Å².